The lowest BCUT2D eigenvalue weighted by molar-refractivity contribution is -0.151. The van der Waals surface area contributed by atoms with Crippen LogP contribution in [0, 0.1) is 6.92 Å². The molecule has 8 nitrogen and oxygen atoms in total. The zero-order chi connectivity index (χ0) is 22.5. The topological polar surface area (TPSA) is 122 Å². The standard InChI is InChI=1S/C19H20Cl2N2O6S/c1-11-5-3-4-6-16(11)22-17(25)10-29-19(26)18(12(2)24)23-30(27,28)13-7-8-14(20)15(21)9-13/h3-9,12,18,23-24H,10H2,1-2H3,(H,22,25). The summed E-state index contributed by atoms with van der Waals surface area (Å²) in [5.74, 6) is -1.73. The van der Waals surface area contributed by atoms with Gasteiger partial charge < -0.3 is 15.2 Å². The van der Waals surface area contributed by atoms with E-state index in [2.05, 4.69) is 10.0 Å². The Labute approximate surface area is 184 Å². The second kappa shape index (κ2) is 10.2. The maximum Gasteiger partial charge on any atom is 0.327 e. The maximum absolute atomic E-state index is 12.5. The summed E-state index contributed by atoms with van der Waals surface area (Å²) in [6.45, 7) is 2.34. The van der Waals surface area contributed by atoms with Crippen LogP contribution in [-0.4, -0.2) is 44.2 Å². The number of amides is 1. The third-order valence-corrected chi connectivity index (χ3v) is 6.16. The van der Waals surface area contributed by atoms with Crippen LogP contribution < -0.4 is 10.0 Å². The molecule has 0 spiro atoms. The maximum atomic E-state index is 12.5. The van der Waals surface area contributed by atoms with Gasteiger partial charge in [0.1, 0.15) is 6.04 Å². The molecule has 0 aliphatic heterocycles. The third-order valence-electron chi connectivity index (χ3n) is 3.98. The van der Waals surface area contributed by atoms with E-state index in [0.29, 0.717) is 5.69 Å². The number of ether oxygens (including phenoxy) is 1. The second-order valence-corrected chi connectivity index (χ2v) is 8.91. The molecule has 0 bridgehead atoms. The molecule has 2 unspecified atom stereocenters. The highest BCUT2D eigenvalue weighted by molar-refractivity contribution is 7.89. The van der Waals surface area contributed by atoms with Crippen LogP contribution in [0.1, 0.15) is 12.5 Å². The Morgan fingerprint density at radius 3 is 2.40 bits per heavy atom. The normalized spacial score (nSPS) is 13.4. The smallest absolute Gasteiger partial charge is 0.327 e. The predicted molar refractivity (Wildman–Crippen MR) is 113 cm³/mol. The fourth-order valence-electron chi connectivity index (χ4n) is 2.35. The van der Waals surface area contributed by atoms with Gasteiger partial charge in [0.2, 0.25) is 10.0 Å². The van der Waals surface area contributed by atoms with E-state index in [9.17, 15) is 23.1 Å². The molecule has 0 heterocycles. The molecule has 2 atom stereocenters. The van der Waals surface area contributed by atoms with Gasteiger partial charge in [0, 0.05) is 5.69 Å². The minimum atomic E-state index is -4.24. The van der Waals surface area contributed by atoms with E-state index in [0.717, 1.165) is 11.6 Å². The summed E-state index contributed by atoms with van der Waals surface area (Å²) in [5, 5.41) is 12.6. The van der Waals surface area contributed by atoms with Crippen LogP contribution in [0.4, 0.5) is 5.69 Å². The molecule has 0 aromatic heterocycles. The van der Waals surface area contributed by atoms with Crippen molar-refractivity contribution >= 4 is 50.8 Å². The van der Waals surface area contributed by atoms with Gasteiger partial charge >= 0.3 is 5.97 Å². The molecule has 3 N–H and O–H groups in total. The Morgan fingerprint density at radius 1 is 1.13 bits per heavy atom. The van der Waals surface area contributed by atoms with E-state index in [1.165, 1.54) is 19.1 Å². The first-order valence-corrected chi connectivity index (χ1v) is 10.9. The number of carbonyl (C=O) groups is 2. The van der Waals surface area contributed by atoms with E-state index in [1.807, 2.05) is 0 Å². The van der Waals surface area contributed by atoms with Crippen molar-refractivity contribution in [2.24, 2.45) is 0 Å². The summed E-state index contributed by atoms with van der Waals surface area (Å²) in [4.78, 5) is 24.1. The molecule has 30 heavy (non-hydrogen) atoms. The van der Waals surface area contributed by atoms with Gasteiger partial charge in [-0.1, -0.05) is 41.4 Å². The van der Waals surface area contributed by atoms with Crippen LogP contribution in [0.2, 0.25) is 10.0 Å². The SMILES string of the molecule is Cc1ccccc1NC(=O)COC(=O)C(NS(=O)(=O)c1ccc(Cl)c(Cl)c1)C(C)O. The first-order chi connectivity index (χ1) is 14.0. The van der Waals surface area contributed by atoms with Crippen molar-refractivity contribution in [2.45, 2.75) is 30.9 Å². The number of esters is 1. The highest BCUT2D eigenvalue weighted by Gasteiger charge is 2.31. The molecule has 2 aromatic carbocycles. The molecule has 162 valence electrons. The van der Waals surface area contributed by atoms with E-state index >= 15 is 0 Å². The highest BCUT2D eigenvalue weighted by Crippen LogP contribution is 2.25. The van der Waals surface area contributed by atoms with Gasteiger partial charge in [0.15, 0.2) is 6.61 Å². The monoisotopic (exact) mass is 474 g/mol. The summed E-state index contributed by atoms with van der Waals surface area (Å²) in [6, 6.07) is 8.94. The van der Waals surface area contributed by atoms with Crippen molar-refractivity contribution in [3.8, 4) is 0 Å². The molecule has 0 aliphatic rings. The largest absolute Gasteiger partial charge is 0.454 e. The summed E-state index contributed by atoms with van der Waals surface area (Å²) in [7, 11) is -4.24. The molecule has 2 aromatic rings. The third kappa shape index (κ3) is 6.41. The number of sulfonamides is 1. The number of rotatable bonds is 8. The van der Waals surface area contributed by atoms with Crippen LogP contribution in [0.5, 0.6) is 0 Å². The number of carbonyl (C=O) groups excluding carboxylic acids is 2. The molecule has 1 amide bonds. The lowest BCUT2D eigenvalue weighted by Gasteiger charge is -2.20. The van der Waals surface area contributed by atoms with E-state index in [-0.39, 0.29) is 14.9 Å². The zero-order valence-electron chi connectivity index (χ0n) is 16.1. The Morgan fingerprint density at radius 2 is 1.80 bits per heavy atom. The second-order valence-electron chi connectivity index (χ2n) is 6.39. The van der Waals surface area contributed by atoms with Gasteiger partial charge in [-0.25, -0.2) is 8.42 Å². The van der Waals surface area contributed by atoms with Crippen LogP contribution in [-0.2, 0) is 24.3 Å². The highest BCUT2D eigenvalue weighted by atomic mass is 35.5. The van der Waals surface area contributed by atoms with Gasteiger partial charge in [0.25, 0.3) is 5.91 Å². The predicted octanol–water partition coefficient (Wildman–Crippen LogP) is 2.51. The number of para-hydroxylation sites is 1. The lowest BCUT2D eigenvalue weighted by Crippen LogP contribution is -2.48. The Kier molecular flexibility index (Phi) is 8.22. The Hall–Kier alpha value is -2.17. The van der Waals surface area contributed by atoms with E-state index in [1.54, 1.807) is 31.2 Å². The number of benzene rings is 2. The molecular weight excluding hydrogens is 455 g/mol. The van der Waals surface area contributed by atoms with Crippen molar-refractivity contribution in [2.75, 3.05) is 11.9 Å². The molecule has 2 rings (SSSR count). The van der Waals surface area contributed by atoms with E-state index in [4.69, 9.17) is 27.9 Å². The van der Waals surface area contributed by atoms with Gasteiger partial charge in [-0.3, -0.25) is 9.59 Å². The number of halogens is 2. The van der Waals surface area contributed by atoms with Crippen LogP contribution >= 0.6 is 23.2 Å². The minimum absolute atomic E-state index is 0.00333. The molecule has 0 saturated heterocycles. The Balaban J connectivity index is 2.04. The number of aliphatic hydroxyl groups is 1. The molecule has 0 fully saturated rings. The average molecular weight is 475 g/mol. The molecule has 0 aliphatic carbocycles. The van der Waals surface area contributed by atoms with Crippen LogP contribution in [0.15, 0.2) is 47.4 Å². The van der Waals surface area contributed by atoms with Gasteiger partial charge in [-0.15, -0.1) is 0 Å². The quantitative estimate of drug-likeness (QED) is 0.505. The number of aryl methyl sites for hydroxylation is 1. The Bertz CT molecular complexity index is 1040. The summed E-state index contributed by atoms with van der Waals surface area (Å²) >= 11 is 11.6. The van der Waals surface area contributed by atoms with Crippen LogP contribution in [0.3, 0.4) is 0 Å². The summed E-state index contributed by atoms with van der Waals surface area (Å²) < 4.78 is 32.0. The first-order valence-electron chi connectivity index (χ1n) is 8.69. The summed E-state index contributed by atoms with van der Waals surface area (Å²) in [6.07, 6.45) is -1.44. The number of nitrogens with one attached hydrogen (secondary N) is 2. The van der Waals surface area contributed by atoms with Gasteiger partial charge in [0.05, 0.1) is 21.0 Å². The first kappa shape index (κ1) is 24.1. The molecular formula is C19H20Cl2N2O6S. The number of anilines is 1. The average Bonchev–Trinajstić information content (AvgIpc) is 2.68. The number of aliphatic hydroxyl groups excluding tert-OH is 1. The lowest BCUT2D eigenvalue weighted by atomic mass is 10.2. The van der Waals surface area contributed by atoms with Crippen molar-refractivity contribution in [3.63, 3.8) is 0 Å². The van der Waals surface area contributed by atoms with E-state index < -0.39 is 40.7 Å². The number of hydrogen-bond acceptors (Lipinski definition) is 6. The van der Waals surface area contributed by atoms with Crippen molar-refractivity contribution < 1.29 is 27.9 Å². The minimum Gasteiger partial charge on any atom is -0.454 e. The van der Waals surface area contributed by atoms with Crippen molar-refractivity contribution in [3.05, 3.63) is 58.1 Å². The van der Waals surface area contributed by atoms with Crippen molar-refractivity contribution in [1.82, 2.24) is 4.72 Å². The molecule has 0 saturated carbocycles. The zero-order valence-corrected chi connectivity index (χ0v) is 18.4. The molecule has 11 heteroatoms. The molecule has 0 radical (unpaired) electrons. The summed E-state index contributed by atoms with van der Waals surface area (Å²) in [5.41, 5.74) is 1.36. The van der Waals surface area contributed by atoms with Gasteiger partial charge in [-0.05, 0) is 43.7 Å². The van der Waals surface area contributed by atoms with Crippen molar-refractivity contribution in [1.29, 1.82) is 0 Å². The fraction of sp³-hybridized carbons (Fsp3) is 0.263. The van der Waals surface area contributed by atoms with Gasteiger partial charge in [-0.2, -0.15) is 4.72 Å². The van der Waals surface area contributed by atoms with Crippen LogP contribution in [0.25, 0.3) is 0 Å². The fourth-order valence-corrected chi connectivity index (χ4v) is 4.00. The number of hydrogen-bond donors (Lipinski definition) is 3.